The molecule has 15 N–H and O–H groups in total. The van der Waals surface area contributed by atoms with Crippen LogP contribution in [0.4, 0.5) is 0 Å². The van der Waals surface area contributed by atoms with Crippen molar-refractivity contribution in [2.45, 2.75) is 233 Å². The fraction of sp³-hybridized carbons (Fsp3) is 0.865. The standard InChI is InChI=1S/C52H85N3O33/c1-20(59)54-32-26(78-23(4)62)14-52(51(73)74-7,88-45(32)43(80-25(6)64)31(79-24(5)63)18-76-22(3)61)77-19-30-34(65)37(68)39(70)49(84-30)86-44-33(55-21(2)60)47(81-27(15-56)35(44)66)87-46-36(67)28(16-57)82-50(41(46)72)85-42-29(17-58)83-48(40(71)38(42)69)75-13-11-9-8-10-12-53/h26-50,56-58,65-72H,8-19,53H2,1-7H3,(H,54,59)(H,55,60)/t26-,27+,28+,29+,30+,31+,32+,33+,34-,35+,36-,37-,38+,39+,40+,41+,42+,43+,44+,45+,46-,47-,48+,49-,50-,52+/m0/s1. The molecule has 5 heterocycles. The average molecular weight is 1280 g/mol. The molecule has 0 aromatic carbocycles. The van der Waals surface area contributed by atoms with Crippen LogP contribution in [0, 0.1) is 0 Å². The van der Waals surface area contributed by atoms with Crippen molar-refractivity contribution in [3.8, 4) is 0 Å². The Morgan fingerprint density at radius 2 is 1.09 bits per heavy atom. The Morgan fingerprint density at radius 1 is 0.557 bits per heavy atom. The van der Waals surface area contributed by atoms with E-state index < -0.39 is 240 Å². The number of carbonyl (C=O) groups is 7. The van der Waals surface area contributed by atoms with E-state index in [0.717, 1.165) is 67.9 Å². The van der Waals surface area contributed by atoms with Crippen molar-refractivity contribution < 1.29 is 161 Å². The second-order valence-electron chi connectivity index (χ2n) is 21.5. The smallest absolute Gasteiger partial charge is 0.366 e. The number of nitrogens with two attached hydrogens (primary N) is 1. The molecule has 0 aromatic rings. The van der Waals surface area contributed by atoms with Crippen LogP contribution in [0.5, 0.6) is 0 Å². The summed E-state index contributed by atoms with van der Waals surface area (Å²) >= 11 is 0. The lowest BCUT2D eigenvalue weighted by atomic mass is 9.87. The molecule has 0 unspecified atom stereocenters. The number of hydrogen-bond donors (Lipinski definition) is 14. The van der Waals surface area contributed by atoms with Gasteiger partial charge in [-0.1, -0.05) is 12.8 Å². The average Bonchev–Trinajstić information content (AvgIpc) is 0.808. The van der Waals surface area contributed by atoms with Crippen LogP contribution in [0.1, 0.15) is 73.6 Å². The fourth-order valence-corrected chi connectivity index (χ4v) is 10.6. The summed E-state index contributed by atoms with van der Waals surface area (Å²) in [6.45, 7) is 1.53. The highest BCUT2D eigenvalue weighted by Gasteiger charge is 2.61. The summed E-state index contributed by atoms with van der Waals surface area (Å²) in [5.41, 5.74) is 5.54. The minimum absolute atomic E-state index is 0.0937. The number of aliphatic hydroxyl groups excluding tert-OH is 11. The van der Waals surface area contributed by atoms with Crippen LogP contribution >= 0.6 is 0 Å². The summed E-state index contributed by atoms with van der Waals surface area (Å²) in [6.07, 6.45) is -42.5. The third-order valence-electron chi connectivity index (χ3n) is 14.8. The van der Waals surface area contributed by atoms with Crippen LogP contribution in [0.25, 0.3) is 0 Å². The molecule has 0 spiro atoms. The molecule has 0 saturated carbocycles. The highest BCUT2D eigenvalue weighted by Crippen LogP contribution is 2.40. The zero-order chi connectivity index (χ0) is 65.5. The second-order valence-corrected chi connectivity index (χ2v) is 21.5. The second kappa shape index (κ2) is 34.2. The van der Waals surface area contributed by atoms with Gasteiger partial charge in [-0.05, 0) is 19.4 Å². The molecule has 36 heteroatoms. The van der Waals surface area contributed by atoms with Crippen molar-refractivity contribution in [3.63, 3.8) is 0 Å². The van der Waals surface area contributed by atoms with Crippen LogP contribution in [-0.2, 0) is 105 Å². The van der Waals surface area contributed by atoms with Gasteiger partial charge >= 0.3 is 29.8 Å². The van der Waals surface area contributed by atoms with Gasteiger partial charge in [0.1, 0.15) is 116 Å². The predicted octanol–water partition coefficient (Wildman–Crippen LogP) is -8.52. The summed E-state index contributed by atoms with van der Waals surface area (Å²) in [6, 6.07) is -3.48. The van der Waals surface area contributed by atoms with E-state index in [1.54, 1.807) is 0 Å². The Hall–Kier alpha value is -4.59. The van der Waals surface area contributed by atoms with E-state index in [9.17, 15) is 89.7 Å². The first-order valence-corrected chi connectivity index (χ1v) is 28.3. The number of methoxy groups -OCH3 is 1. The third kappa shape index (κ3) is 19.0. The number of hydrogen-bond acceptors (Lipinski definition) is 34. The van der Waals surface area contributed by atoms with Crippen LogP contribution in [-0.4, -0.2) is 310 Å². The van der Waals surface area contributed by atoms with E-state index in [1.165, 1.54) is 0 Å². The van der Waals surface area contributed by atoms with Gasteiger partial charge in [-0.25, -0.2) is 4.79 Å². The van der Waals surface area contributed by atoms with E-state index in [0.29, 0.717) is 13.0 Å². The molecule has 36 nitrogen and oxygen atoms in total. The van der Waals surface area contributed by atoms with E-state index in [-0.39, 0.29) is 6.61 Å². The first-order valence-electron chi connectivity index (χ1n) is 28.3. The van der Waals surface area contributed by atoms with Crippen molar-refractivity contribution in [3.05, 3.63) is 0 Å². The van der Waals surface area contributed by atoms with Gasteiger partial charge in [-0.15, -0.1) is 0 Å². The van der Waals surface area contributed by atoms with E-state index in [1.807, 2.05) is 0 Å². The maximum absolute atomic E-state index is 14.1. The van der Waals surface area contributed by atoms with Crippen molar-refractivity contribution in [2.75, 3.05) is 53.3 Å². The number of carbonyl (C=O) groups excluding carboxylic acids is 7. The zero-order valence-electron chi connectivity index (χ0n) is 49.4. The molecule has 0 aliphatic carbocycles. The Morgan fingerprint density at radius 3 is 1.66 bits per heavy atom. The van der Waals surface area contributed by atoms with Crippen LogP contribution in [0.15, 0.2) is 0 Å². The van der Waals surface area contributed by atoms with Gasteiger partial charge in [-0.2, -0.15) is 0 Å². The Labute approximate surface area is 503 Å². The SMILES string of the molecule is COC(=O)[C@@]1(OC[C@H]2O[C@@H](O[C@H]3[C@H](O)[C@@H](CO)O[C@@H](O[C@H]4[C@@H](O)[C@@H](CO)O[C@@H](O[C@H]5[C@H](O)[C@@H](O)[C@H](OCCCCCCN)O[C@@H]5CO)[C@@H]4O)[C@@H]3NC(C)=O)[C@H](O)[C@@H](O)[C@H]2O)C[C@H](OC(C)=O)[C@@H](NC(C)=O)[C@H]([C@H](OC(C)=O)[C@@H](COC(C)=O)OC(C)=O)O1. The Bertz CT molecular complexity index is 2270. The molecule has 506 valence electrons. The first-order chi connectivity index (χ1) is 41.6. The highest BCUT2D eigenvalue weighted by molar-refractivity contribution is 5.79. The topological polar surface area (TPSA) is 531 Å². The van der Waals surface area contributed by atoms with Gasteiger partial charge in [0.2, 0.25) is 11.8 Å². The van der Waals surface area contributed by atoms with Crippen molar-refractivity contribution in [1.82, 2.24) is 10.6 Å². The summed E-state index contributed by atoms with van der Waals surface area (Å²) < 4.78 is 85.7. The monoisotopic (exact) mass is 1280 g/mol. The first kappa shape index (κ1) is 74.1. The summed E-state index contributed by atoms with van der Waals surface area (Å²) in [5, 5.41) is 127. The molecular formula is C52H85N3O33. The third-order valence-corrected chi connectivity index (χ3v) is 14.8. The Kier molecular flexibility index (Phi) is 28.8. The molecule has 5 aliphatic heterocycles. The number of amides is 2. The van der Waals surface area contributed by atoms with Crippen molar-refractivity contribution in [1.29, 1.82) is 0 Å². The molecule has 0 aromatic heterocycles. The number of rotatable bonds is 29. The summed E-state index contributed by atoms with van der Waals surface area (Å²) in [7, 11) is 0.855. The molecule has 0 radical (unpaired) electrons. The molecule has 5 fully saturated rings. The van der Waals surface area contributed by atoms with Gasteiger partial charge in [0, 0.05) is 48.1 Å². The lowest BCUT2D eigenvalue weighted by Crippen LogP contribution is -2.70. The molecule has 2 amide bonds. The zero-order valence-corrected chi connectivity index (χ0v) is 49.4. The van der Waals surface area contributed by atoms with Gasteiger partial charge in [0.15, 0.2) is 37.4 Å². The lowest BCUT2D eigenvalue weighted by molar-refractivity contribution is -0.382. The molecule has 0 bridgehead atoms. The molecule has 88 heavy (non-hydrogen) atoms. The van der Waals surface area contributed by atoms with Gasteiger partial charge in [-0.3, -0.25) is 28.8 Å². The number of ether oxygens (including phenoxy) is 15. The van der Waals surface area contributed by atoms with E-state index >= 15 is 0 Å². The maximum atomic E-state index is 14.1. The molecular weight excluding hydrogens is 1190 g/mol. The van der Waals surface area contributed by atoms with Crippen LogP contribution in [0.3, 0.4) is 0 Å². The summed E-state index contributed by atoms with van der Waals surface area (Å²) in [5.74, 6) is -10.1. The quantitative estimate of drug-likeness (QED) is 0.0188. The van der Waals surface area contributed by atoms with E-state index in [2.05, 4.69) is 10.6 Å². The fourth-order valence-electron chi connectivity index (χ4n) is 10.6. The lowest BCUT2D eigenvalue weighted by Gasteiger charge is -2.50. The van der Waals surface area contributed by atoms with Crippen LogP contribution < -0.4 is 16.4 Å². The molecule has 26 atom stereocenters. The van der Waals surface area contributed by atoms with Gasteiger partial charge < -0.3 is 144 Å². The van der Waals surface area contributed by atoms with Crippen LogP contribution in [0.2, 0.25) is 0 Å². The van der Waals surface area contributed by atoms with Crippen molar-refractivity contribution >= 4 is 41.7 Å². The normalized spacial score (nSPS) is 38.3. The van der Waals surface area contributed by atoms with E-state index in [4.69, 9.17) is 76.8 Å². The number of aliphatic hydroxyl groups is 11. The molecule has 5 aliphatic rings. The molecule has 5 saturated heterocycles. The largest absolute Gasteiger partial charge is 0.465 e. The summed E-state index contributed by atoms with van der Waals surface area (Å²) in [4.78, 5) is 89.8. The minimum atomic E-state index is -2.91. The van der Waals surface area contributed by atoms with Gasteiger partial charge in [0.05, 0.1) is 46.0 Å². The predicted molar refractivity (Wildman–Crippen MR) is 281 cm³/mol. The number of nitrogens with one attached hydrogen (secondary N) is 2. The van der Waals surface area contributed by atoms with Gasteiger partial charge in [0.25, 0.3) is 5.79 Å². The number of unbranched alkanes of at least 4 members (excludes halogenated alkanes) is 3. The highest BCUT2D eigenvalue weighted by atomic mass is 16.8. The Balaban J connectivity index is 1.45. The maximum Gasteiger partial charge on any atom is 0.366 e. The minimum Gasteiger partial charge on any atom is -0.465 e. The van der Waals surface area contributed by atoms with Crippen molar-refractivity contribution in [2.24, 2.45) is 5.73 Å². The number of esters is 5. The molecule has 5 rings (SSSR count).